The molecule has 1 unspecified atom stereocenters. The van der Waals surface area contributed by atoms with Gasteiger partial charge in [-0.15, -0.1) is 0 Å². The number of nitrogens with zero attached hydrogens (tertiary/aromatic N) is 1. The number of pyridine rings is 1. The summed E-state index contributed by atoms with van der Waals surface area (Å²) in [7, 11) is 0. The van der Waals surface area contributed by atoms with E-state index in [0.29, 0.717) is 24.5 Å². The molecule has 4 nitrogen and oxygen atoms in total. The lowest BCUT2D eigenvalue weighted by atomic mass is 10.0. The SMILES string of the molecule is O=C(CC1CCC(F)(F)C1)NCCc1c[nH]c2cnc(Cl)cc12. The van der Waals surface area contributed by atoms with Gasteiger partial charge >= 0.3 is 0 Å². The van der Waals surface area contributed by atoms with Crippen LogP contribution in [0.5, 0.6) is 0 Å². The first kappa shape index (κ1) is 16.2. The van der Waals surface area contributed by atoms with Crippen molar-refractivity contribution in [2.45, 2.75) is 38.0 Å². The molecule has 2 aromatic heterocycles. The number of carbonyl (C=O) groups excluding carboxylic acids is 1. The number of hydrogen-bond acceptors (Lipinski definition) is 2. The van der Waals surface area contributed by atoms with Gasteiger partial charge in [-0.05, 0) is 30.4 Å². The van der Waals surface area contributed by atoms with Crippen molar-refractivity contribution in [2.75, 3.05) is 6.54 Å². The zero-order chi connectivity index (χ0) is 16.4. The Morgan fingerprint density at radius 2 is 2.35 bits per heavy atom. The Labute approximate surface area is 137 Å². The molecule has 7 heteroatoms. The summed E-state index contributed by atoms with van der Waals surface area (Å²) in [5.41, 5.74) is 1.93. The number of alkyl halides is 2. The Bertz CT molecular complexity index is 716. The molecule has 0 aromatic carbocycles. The molecule has 2 N–H and O–H groups in total. The summed E-state index contributed by atoms with van der Waals surface area (Å²) in [6, 6.07) is 1.78. The van der Waals surface area contributed by atoms with E-state index >= 15 is 0 Å². The molecule has 1 fully saturated rings. The van der Waals surface area contributed by atoms with Crippen LogP contribution in [0.3, 0.4) is 0 Å². The number of halogens is 3. The van der Waals surface area contributed by atoms with Crippen LogP contribution < -0.4 is 5.32 Å². The second-order valence-electron chi connectivity index (χ2n) is 6.14. The van der Waals surface area contributed by atoms with Gasteiger partial charge in [-0.1, -0.05) is 11.6 Å². The van der Waals surface area contributed by atoms with Gasteiger partial charge in [0.15, 0.2) is 0 Å². The summed E-state index contributed by atoms with van der Waals surface area (Å²) >= 11 is 5.89. The highest BCUT2D eigenvalue weighted by Gasteiger charge is 2.39. The van der Waals surface area contributed by atoms with Crippen LogP contribution in [0.15, 0.2) is 18.5 Å². The highest BCUT2D eigenvalue weighted by molar-refractivity contribution is 6.30. The van der Waals surface area contributed by atoms with Crippen molar-refractivity contribution < 1.29 is 13.6 Å². The van der Waals surface area contributed by atoms with Gasteiger partial charge in [-0.25, -0.2) is 13.8 Å². The molecule has 3 rings (SSSR count). The molecule has 2 aromatic rings. The van der Waals surface area contributed by atoms with E-state index in [2.05, 4.69) is 15.3 Å². The Balaban J connectivity index is 1.49. The van der Waals surface area contributed by atoms with Crippen LogP contribution in [0.4, 0.5) is 8.78 Å². The van der Waals surface area contributed by atoms with Gasteiger partial charge in [-0.2, -0.15) is 0 Å². The molecular weight excluding hydrogens is 324 g/mol. The first-order valence-electron chi connectivity index (χ1n) is 7.69. The first-order chi connectivity index (χ1) is 10.9. The lowest BCUT2D eigenvalue weighted by Crippen LogP contribution is -2.27. The fourth-order valence-corrected chi connectivity index (χ4v) is 3.30. The average Bonchev–Trinajstić information content (AvgIpc) is 3.02. The maximum atomic E-state index is 13.1. The van der Waals surface area contributed by atoms with E-state index in [0.717, 1.165) is 16.5 Å². The second-order valence-corrected chi connectivity index (χ2v) is 6.52. The molecule has 1 aliphatic carbocycles. The number of amides is 1. The van der Waals surface area contributed by atoms with Crippen molar-refractivity contribution in [1.82, 2.24) is 15.3 Å². The van der Waals surface area contributed by atoms with E-state index in [-0.39, 0.29) is 31.1 Å². The predicted molar refractivity (Wildman–Crippen MR) is 84.7 cm³/mol. The van der Waals surface area contributed by atoms with Crippen LogP contribution in [0, 0.1) is 5.92 Å². The number of H-pyrrole nitrogens is 1. The van der Waals surface area contributed by atoms with Crippen molar-refractivity contribution in [3.8, 4) is 0 Å². The standard InChI is InChI=1S/C16H18ClF2N3O/c17-14-6-12-11(8-21-13(12)9-22-14)2-4-20-15(23)5-10-1-3-16(18,19)7-10/h6,8-10,21H,1-5,7H2,(H,20,23). The van der Waals surface area contributed by atoms with Gasteiger partial charge < -0.3 is 10.3 Å². The maximum Gasteiger partial charge on any atom is 0.248 e. The minimum Gasteiger partial charge on any atom is -0.360 e. The Kier molecular flexibility index (Phi) is 4.53. The minimum absolute atomic E-state index is 0.102. The normalized spacial score (nSPS) is 20.0. The fraction of sp³-hybridized carbons (Fsp3) is 0.500. The highest BCUT2D eigenvalue weighted by atomic mass is 35.5. The van der Waals surface area contributed by atoms with Gasteiger partial charge in [-0.3, -0.25) is 4.79 Å². The first-order valence-corrected chi connectivity index (χ1v) is 8.07. The smallest absolute Gasteiger partial charge is 0.248 e. The summed E-state index contributed by atoms with van der Waals surface area (Å²) in [5.74, 6) is -2.96. The van der Waals surface area contributed by atoms with E-state index in [1.54, 1.807) is 12.3 Å². The second kappa shape index (κ2) is 6.43. The zero-order valence-corrected chi connectivity index (χ0v) is 13.3. The molecule has 2 heterocycles. The Morgan fingerprint density at radius 1 is 1.52 bits per heavy atom. The van der Waals surface area contributed by atoms with Gasteiger partial charge in [0.25, 0.3) is 0 Å². The number of carbonyl (C=O) groups is 1. The number of aromatic nitrogens is 2. The largest absolute Gasteiger partial charge is 0.360 e. The molecule has 0 saturated heterocycles. The maximum absolute atomic E-state index is 13.1. The van der Waals surface area contributed by atoms with Gasteiger partial charge in [0.1, 0.15) is 5.15 Å². The van der Waals surface area contributed by atoms with Crippen LogP contribution in [-0.4, -0.2) is 28.3 Å². The topological polar surface area (TPSA) is 57.8 Å². The van der Waals surface area contributed by atoms with Gasteiger partial charge in [0.05, 0.1) is 11.7 Å². The van der Waals surface area contributed by atoms with Crippen molar-refractivity contribution in [3.63, 3.8) is 0 Å². The third kappa shape index (κ3) is 3.99. The monoisotopic (exact) mass is 341 g/mol. The third-order valence-electron chi connectivity index (χ3n) is 4.31. The van der Waals surface area contributed by atoms with Crippen molar-refractivity contribution in [2.24, 2.45) is 5.92 Å². The number of aromatic amines is 1. The van der Waals surface area contributed by atoms with E-state index in [4.69, 9.17) is 11.6 Å². The molecule has 23 heavy (non-hydrogen) atoms. The molecule has 124 valence electrons. The number of hydrogen-bond donors (Lipinski definition) is 2. The summed E-state index contributed by atoms with van der Waals surface area (Å²) in [5, 5.41) is 4.21. The van der Waals surface area contributed by atoms with E-state index in [1.807, 2.05) is 6.20 Å². The van der Waals surface area contributed by atoms with Crippen LogP contribution in [0.25, 0.3) is 10.9 Å². The highest BCUT2D eigenvalue weighted by Crippen LogP contribution is 2.40. The van der Waals surface area contributed by atoms with Crippen LogP contribution in [0.1, 0.15) is 31.2 Å². The minimum atomic E-state index is -2.59. The summed E-state index contributed by atoms with van der Waals surface area (Å²) in [6.45, 7) is 0.467. The zero-order valence-electron chi connectivity index (χ0n) is 12.5. The van der Waals surface area contributed by atoms with Crippen molar-refractivity contribution >= 4 is 28.4 Å². The fourth-order valence-electron chi connectivity index (χ4n) is 3.15. The average molecular weight is 342 g/mol. The number of rotatable bonds is 5. The quantitative estimate of drug-likeness (QED) is 0.815. The lowest BCUT2D eigenvalue weighted by molar-refractivity contribution is -0.122. The third-order valence-corrected chi connectivity index (χ3v) is 4.52. The lowest BCUT2D eigenvalue weighted by Gasteiger charge is -2.10. The molecule has 0 spiro atoms. The molecule has 1 aliphatic rings. The van der Waals surface area contributed by atoms with E-state index in [9.17, 15) is 13.6 Å². The van der Waals surface area contributed by atoms with Crippen LogP contribution >= 0.6 is 11.6 Å². The molecular formula is C16H18ClF2N3O. The van der Waals surface area contributed by atoms with Crippen molar-refractivity contribution in [3.05, 3.63) is 29.2 Å². The molecule has 1 saturated carbocycles. The predicted octanol–water partition coefficient (Wildman–Crippen LogP) is 3.70. The molecule has 0 radical (unpaired) electrons. The summed E-state index contributed by atoms with van der Waals surface area (Å²) in [4.78, 5) is 19.0. The molecule has 0 bridgehead atoms. The van der Waals surface area contributed by atoms with Crippen LogP contribution in [-0.2, 0) is 11.2 Å². The molecule has 0 aliphatic heterocycles. The van der Waals surface area contributed by atoms with Gasteiger partial charge in [0, 0.05) is 37.4 Å². The summed E-state index contributed by atoms with van der Waals surface area (Å²) in [6.07, 6.45) is 4.51. The summed E-state index contributed by atoms with van der Waals surface area (Å²) < 4.78 is 26.2. The molecule has 1 atom stereocenters. The van der Waals surface area contributed by atoms with Crippen LogP contribution in [0.2, 0.25) is 5.15 Å². The number of nitrogens with one attached hydrogen (secondary N) is 2. The number of fused-ring (bicyclic) bond motifs is 1. The molecule has 1 amide bonds. The van der Waals surface area contributed by atoms with Gasteiger partial charge in [0.2, 0.25) is 11.8 Å². The Hall–Kier alpha value is -1.69. The van der Waals surface area contributed by atoms with Crippen molar-refractivity contribution in [1.29, 1.82) is 0 Å². The van der Waals surface area contributed by atoms with E-state index < -0.39 is 5.92 Å². The van der Waals surface area contributed by atoms with E-state index in [1.165, 1.54) is 0 Å². The Morgan fingerprint density at radius 3 is 3.09 bits per heavy atom.